The Balaban J connectivity index is 1.87. The number of nitrogens with zero attached hydrogens (tertiary/aromatic N) is 1. The van der Waals surface area contributed by atoms with Crippen LogP contribution in [0.3, 0.4) is 0 Å². The number of para-hydroxylation sites is 1. The van der Waals surface area contributed by atoms with Gasteiger partial charge in [0.15, 0.2) is 0 Å². The van der Waals surface area contributed by atoms with E-state index < -0.39 is 5.97 Å². The van der Waals surface area contributed by atoms with Gasteiger partial charge in [-0.15, -0.1) is 0 Å². The third kappa shape index (κ3) is 2.44. The van der Waals surface area contributed by atoms with Crippen LogP contribution in [-0.4, -0.2) is 16.1 Å². The van der Waals surface area contributed by atoms with Crippen molar-refractivity contribution in [2.75, 3.05) is 5.32 Å². The van der Waals surface area contributed by atoms with Gasteiger partial charge in [-0.25, -0.2) is 4.79 Å². The van der Waals surface area contributed by atoms with E-state index in [4.69, 9.17) is 5.11 Å². The molecule has 0 aliphatic heterocycles. The summed E-state index contributed by atoms with van der Waals surface area (Å²) in [6, 6.07) is 16.5. The number of rotatable bonds is 3. The summed E-state index contributed by atoms with van der Waals surface area (Å²) in [4.78, 5) is 15.2. The number of benzene rings is 2. The average Bonchev–Trinajstić information content (AvgIpc) is 2.48. The number of carboxylic acid groups (broad SMARTS) is 1. The fourth-order valence-electron chi connectivity index (χ4n) is 2.00. The van der Waals surface area contributed by atoms with Crippen LogP contribution >= 0.6 is 0 Å². The molecule has 20 heavy (non-hydrogen) atoms. The lowest BCUT2D eigenvalue weighted by Gasteiger charge is -2.07. The highest BCUT2D eigenvalue weighted by atomic mass is 16.4. The fourth-order valence-corrected chi connectivity index (χ4v) is 2.00. The van der Waals surface area contributed by atoms with E-state index in [0.29, 0.717) is 0 Å². The second-order valence-electron chi connectivity index (χ2n) is 4.42. The van der Waals surface area contributed by atoms with Crippen LogP contribution < -0.4 is 5.32 Å². The smallest absolute Gasteiger partial charge is 0.335 e. The van der Waals surface area contributed by atoms with Crippen LogP contribution in [0.5, 0.6) is 0 Å². The van der Waals surface area contributed by atoms with Crippen molar-refractivity contribution in [2.45, 2.75) is 0 Å². The molecule has 0 spiro atoms. The average molecular weight is 264 g/mol. The van der Waals surface area contributed by atoms with Gasteiger partial charge in [-0.2, -0.15) is 0 Å². The Hall–Kier alpha value is -2.88. The number of anilines is 2. The van der Waals surface area contributed by atoms with Crippen molar-refractivity contribution in [1.82, 2.24) is 4.98 Å². The van der Waals surface area contributed by atoms with E-state index in [1.165, 1.54) is 0 Å². The quantitative estimate of drug-likeness (QED) is 0.757. The SMILES string of the molecule is O=C(O)c1ccc(Nc2cnc3ccccc3c2)cc1. The molecule has 0 atom stereocenters. The number of aromatic nitrogens is 1. The van der Waals surface area contributed by atoms with E-state index in [0.717, 1.165) is 22.3 Å². The monoisotopic (exact) mass is 264 g/mol. The lowest BCUT2D eigenvalue weighted by molar-refractivity contribution is 0.0697. The molecule has 0 bridgehead atoms. The Bertz CT molecular complexity index is 767. The first-order valence-electron chi connectivity index (χ1n) is 6.17. The number of aromatic carboxylic acids is 1. The van der Waals surface area contributed by atoms with E-state index >= 15 is 0 Å². The van der Waals surface area contributed by atoms with E-state index in [1.54, 1.807) is 30.5 Å². The molecule has 2 aromatic carbocycles. The van der Waals surface area contributed by atoms with Crippen LogP contribution in [0.2, 0.25) is 0 Å². The molecule has 3 aromatic rings. The van der Waals surface area contributed by atoms with Crippen molar-refractivity contribution in [3.05, 3.63) is 66.4 Å². The molecule has 1 heterocycles. The van der Waals surface area contributed by atoms with Crippen molar-refractivity contribution in [2.24, 2.45) is 0 Å². The first kappa shape index (κ1) is 12.2. The Morgan fingerprint density at radius 3 is 2.50 bits per heavy atom. The molecule has 0 aliphatic carbocycles. The van der Waals surface area contributed by atoms with E-state index in [9.17, 15) is 4.79 Å². The number of hydrogen-bond donors (Lipinski definition) is 2. The summed E-state index contributed by atoms with van der Waals surface area (Å²) in [6.45, 7) is 0. The predicted molar refractivity (Wildman–Crippen MR) is 78.4 cm³/mol. The van der Waals surface area contributed by atoms with Gasteiger partial charge in [0.2, 0.25) is 0 Å². The maximum absolute atomic E-state index is 10.8. The van der Waals surface area contributed by atoms with Gasteiger partial charge >= 0.3 is 5.97 Å². The Morgan fingerprint density at radius 1 is 1.00 bits per heavy atom. The van der Waals surface area contributed by atoms with Crippen LogP contribution in [0.15, 0.2) is 60.8 Å². The van der Waals surface area contributed by atoms with Crippen LogP contribution in [0.25, 0.3) is 10.9 Å². The first-order valence-corrected chi connectivity index (χ1v) is 6.17. The minimum absolute atomic E-state index is 0.271. The van der Waals surface area contributed by atoms with Gasteiger partial charge in [-0.1, -0.05) is 18.2 Å². The zero-order valence-electron chi connectivity index (χ0n) is 10.6. The lowest BCUT2D eigenvalue weighted by Crippen LogP contribution is -1.96. The minimum atomic E-state index is -0.927. The van der Waals surface area contributed by atoms with Crippen molar-refractivity contribution in [1.29, 1.82) is 0 Å². The third-order valence-corrected chi connectivity index (χ3v) is 3.01. The highest BCUT2D eigenvalue weighted by molar-refractivity contribution is 5.88. The second-order valence-corrected chi connectivity index (χ2v) is 4.42. The molecular weight excluding hydrogens is 252 g/mol. The maximum atomic E-state index is 10.8. The van der Waals surface area contributed by atoms with Gasteiger partial charge in [-0.3, -0.25) is 4.98 Å². The number of fused-ring (bicyclic) bond motifs is 1. The van der Waals surface area contributed by atoms with Crippen LogP contribution in [0, 0.1) is 0 Å². The van der Waals surface area contributed by atoms with Crippen molar-refractivity contribution >= 4 is 28.2 Å². The summed E-state index contributed by atoms with van der Waals surface area (Å²) < 4.78 is 0. The molecule has 0 aliphatic rings. The standard InChI is InChI=1S/C16H12N2O2/c19-16(20)11-5-7-13(8-6-11)18-14-9-12-3-1-2-4-15(12)17-10-14/h1-10,18H,(H,19,20). The lowest BCUT2D eigenvalue weighted by atomic mass is 10.2. The summed E-state index contributed by atoms with van der Waals surface area (Å²) >= 11 is 0. The molecule has 0 unspecified atom stereocenters. The maximum Gasteiger partial charge on any atom is 0.335 e. The molecular formula is C16H12N2O2. The fraction of sp³-hybridized carbons (Fsp3) is 0. The number of hydrogen-bond acceptors (Lipinski definition) is 3. The summed E-state index contributed by atoms with van der Waals surface area (Å²) in [5, 5.41) is 13.1. The van der Waals surface area contributed by atoms with Gasteiger partial charge in [-0.05, 0) is 36.4 Å². The highest BCUT2D eigenvalue weighted by Crippen LogP contribution is 2.20. The molecule has 1 aromatic heterocycles. The zero-order chi connectivity index (χ0) is 13.9. The normalized spacial score (nSPS) is 10.4. The molecule has 3 rings (SSSR count). The summed E-state index contributed by atoms with van der Waals surface area (Å²) in [7, 11) is 0. The van der Waals surface area contributed by atoms with E-state index in [2.05, 4.69) is 10.3 Å². The molecule has 0 fully saturated rings. The molecule has 4 heteroatoms. The Kier molecular flexibility index (Phi) is 3.05. The molecule has 0 amide bonds. The zero-order valence-corrected chi connectivity index (χ0v) is 10.6. The predicted octanol–water partition coefficient (Wildman–Crippen LogP) is 3.68. The van der Waals surface area contributed by atoms with Crippen LogP contribution in [0.1, 0.15) is 10.4 Å². The van der Waals surface area contributed by atoms with Gasteiger partial charge in [0, 0.05) is 11.1 Å². The molecule has 2 N–H and O–H groups in total. The topological polar surface area (TPSA) is 62.2 Å². The molecule has 4 nitrogen and oxygen atoms in total. The largest absolute Gasteiger partial charge is 0.478 e. The first-order chi connectivity index (χ1) is 9.72. The van der Waals surface area contributed by atoms with Gasteiger partial charge in [0.05, 0.1) is 23.0 Å². The highest BCUT2D eigenvalue weighted by Gasteiger charge is 2.02. The van der Waals surface area contributed by atoms with Gasteiger partial charge in [0.1, 0.15) is 0 Å². The van der Waals surface area contributed by atoms with Crippen LogP contribution in [-0.2, 0) is 0 Å². The minimum Gasteiger partial charge on any atom is -0.478 e. The van der Waals surface area contributed by atoms with Crippen molar-refractivity contribution in [3.63, 3.8) is 0 Å². The summed E-state index contributed by atoms with van der Waals surface area (Å²) in [5.41, 5.74) is 2.91. The van der Waals surface area contributed by atoms with Crippen LogP contribution in [0.4, 0.5) is 11.4 Å². The van der Waals surface area contributed by atoms with Crippen molar-refractivity contribution in [3.8, 4) is 0 Å². The van der Waals surface area contributed by atoms with E-state index in [1.807, 2.05) is 30.3 Å². The van der Waals surface area contributed by atoms with Crippen molar-refractivity contribution < 1.29 is 9.90 Å². The van der Waals surface area contributed by atoms with Gasteiger partial charge in [0.25, 0.3) is 0 Å². The van der Waals surface area contributed by atoms with Gasteiger partial charge < -0.3 is 10.4 Å². The molecule has 98 valence electrons. The third-order valence-electron chi connectivity index (χ3n) is 3.01. The number of carbonyl (C=O) groups is 1. The molecule has 0 saturated heterocycles. The number of nitrogens with one attached hydrogen (secondary N) is 1. The Morgan fingerprint density at radius 2 is 1.75 bits per heavy atom. The molecule has 0 saturated carbocycles. The summed E-state index contributed by atoms with van der Waals surface area (Å²) in [5.74, 6) is -0.927. The second kappa shape index (κ2) is 5.01. The Labute approximate surface area is 115 Å². The summed E-state index contributed by atoms with van der Waals surface area (Å²) in [6.07, 6.45) is 1.76. The number of pyridine rings is 1. The number of carboxylic acids is 1. The molecule has 0 radical (unpaired) electrons. The van der Waals surface area contributed by atoms with E-state index in [-0.39, 0.29) is 5.56 Å².